The van der Waals surface area contributed by atoms with Crippen LogP contribution in [0.25, 0.3) is 0 Å². The number of hydrogen-bond donors (Lipinski definition) is 1. The molecule has 0 aliphatic heterocycles. The highest BCUT2D eigenvalue weighted by atomic mass is 32.1. The van der Waals surface area contributed by atoms with Gasteiger partial charge in [-0.15, -0.1) is 0 Å². The van der Waals surface area contributed by atoms with Crippen LogP contribution in [0, 0.1) is 17.7 Å². The van der Waals surface area contributed by atoms with Gasteiger partial charge in [0.25, 0.3) is 0 Å². The molecule has 102 valence electrons. The Kier molecular flexibility index (Phi) is 3.44. The van der Waals surface area contributed by atoms with Crippen LogP contribution in [0.4, 0.5) is 10.1 Å². The summed E-state index contributed by atoms with van der Waals surface area (Å²) in [5.74, 6) is 1.31. The molecule has 4 heteroatoms. The van der Waals surface area contributed by atoms with E-state index in [9.17, 15) is 4.39 Å². The molecule has 2 N–H and O–H groups in total. The zero-order valence-electron chi connectivity index (χ0n) is 10.9. The van der Waals surface area contributed by atoms with Gasteiger partial charge in [0.05, 0.1) is 5.69 Å². The Hall–Kier alpha value is -1.16. The Bertz CT molecular complexity index is 481. The second-order valence-electron chi connectivity index (χ2n) is 5.82. The van der Waals surface area contributed by atoms with Crippen molar-refractivity contribution in [2.75, 3.05) is 18.0 Å². The summed E-state index contributed by atoms with van der Waals surface area (Å²) < 4.78 is 14.2. The number of nitrogens with zero attached hydrogens (tertiary/aromatic N) is 1. The summed E-state index contributed by atoms with van der Waals surface area (Å²) >= 11 is 4.89. The normalized spacial score (nSPS) is 18.4. The molecule has 1 aromatic carbocycles. The SMILES string of the molecule is NC(=S)c1ccc(N(CC2CC2)CC2CC2)c(F)c1. The lowest BCUT2D eigenvalue weighted by Crippen LogP contribution is -2.29. The van der Waals surface area contributed by atoms with Gasteiger partial charge in [-0.05, 0) is 55.7 Å². The predicted octanol–water partition coefficient (Wildman–Crippen LogP) is 3.09. The number of anilines is 1. The first-order chi connectivity index (χ1) is 9.13. The van der Waals surface area contributed by atoms with Crippen molar-refractivity contribution < 1.29 is 4.39 Å². The highest BCUT2D eigenvalue weighted by Crippen LogP contribution is 2.36. The molecular weight excluding hydrogens is 259 g/mol. The van der Waals surface area contributed by atoms with E-state index in [0.717, 1.165) is 24.9 Å². The number of rotatable bonds is 6. The van der Waals surface area contributed by atoms with Gasteiger partial charge in [-0.2, -0.15) is 0 Å². The Balaban J connectivity index is 1.80. The van der Waals surface area contributed by atoms with Gasteiger partial charge >= 0.3 is 0 Å². The molecule has 0 unspecified atom stereocenters. The fourth-order valence-corrected chi connectivity index (χ4v) is 2.54. The molecule has 2 fully saturated rings. The summed E-state index contributed by atoms with van der Waals surface area (Å²) in [5, 5.41) is 0. The molecule has 0 atom stereocenters. The molecule has 2 saturated carbocycles. The second-order valence-corrected chi connectivity index (χ2v) is 6.26. The third kappa shape index (κ3) is 3.24. The largest absolute Gasteiger partial charge is 0.389 e. The van der Waals surface area contributed by atoms with Gasteiger partial charge in [0.15, 0.2) is 0 Å². The molecule has 0 saturated heterocycles. The monoisotopic (exact) mass is 278 g/mol. The minimum Gasteiger partial charge on any atom is -0.389 e. The summed E-state index contributed by atoms with van der Waals surface area (Å²) in [5.41, 5.74) is 6.85. The van der Waals surface area contributed by atoms with E-state index in [4.69, 9.17) is 18.0 Å². The third-order valence-corrected chi connectivity index (χ3v) is 4.16. The molecule has 3 rings (SSSR count). The molecule has 0 aromatic heterocycles. The maximum Gasteiger partial charge on any atom is 0.147 e. The standard InChI is InChI=1S/C15H19FN2S/c16-13-7-12(15(17)19)5-6-14(13)18(8-10-1-2-10)9-11-3-4-11/h5-7,10-11H,1-4,8-9H2,(H2,17,19). The zero-order valence-corrected chi connectivity index (χ0v) is 11.8. The van der Waals surface area contributed by atoms with Crippen molar-refractivity contribution in [2.45, 2.75) is 25.7 Å². The fourth-order valence-electron chi connectivity index (χ4n) is 2.41. The minimum atomic E-state index is -0.202. The van der Waals surface area contributed by atoms with Gasteiger partial charge in [-0.25, -0.2) is 4.39 Å². The van der Waals surface area contributed by atoms with Crippen LogP contribution in [0.2, 0.25) is 0 Å². The predicted molar refractivity (Wildman–Crippen MR) is 79.9 cm³/mol. The van der Waals surface area contributed by atoms with Crippen molar-refractivity contribution in [3.63, 3.8) is 0 Å². The van der Waals surface area contributed by atoms with Crippen molar-refractivity contribution in [1.29, 1.82) is 0 Å². The van der Waals surface area contributed by atoms with E-state index in [-0.39, 0.29) is 10.8 Å². The van der Waals surface area contributed by atoms with Crippen molar-refractivity contribution in [2.24, 2.45) is 17.6 Å². The van der Waals surface area contributed by atoms with Gasteiger partial charge in [0, 0.05) is 18.7 Å². The summed E-state index contributed by atoms with van der Waals surface area (Å²) in [6, 6.07) is 5.12. The van der Waals surface area contributed by atoms with Crippen LogP contribution in [-0.2, 0) is 0 Å². The topological polar surface area (TPSA) is 29.3 Å². The lowest BCUT2D eigenvalue weighted by atomic mass is 10.1. The van der Waals surface area contributed by atoms with E-state index in [1.54, 1.807) is 0 Å². The maximum absolute atomic E-state index is 14.2. The molecule has 2 aliphatic rings. The molecule has 0 amide bonds. The summed E-state index contributed by atoms with van der Waals surface area (Å²) in [4.78, 5) is 2.47. The average molecular weight is 278 g/mol. The molecule has 19 heavy (non-hydrogen) atoms. The average Bonchev–Trinajstić information content (AvgIpc) is 3.23. The van der Waals surface area contributed by atoms with E-state index in [1.165, 1.54) is 31.7 Å². The molecular formula is C15H19FN2S. The van der Waals surface area contributed by atoms with Gasteiger partial charge in [0.1, 0.15) is 10.8 Å². The number of halogens is 1. The van der Waals surface area contributed by atoms with Gasteiger partial charge in [-0.1, -0.05) is 12.2 Å². The Labute approximate surface area is 118 Å². The van der Waals surface area contributed by atoms with Crippen LogP contribution in [0.5, 0.6) is 0 Å². The summed E-state index contributed by atoms with van der Waals surface area (Å²) in [6.07, 6.45) is 5.14. The van der Waals surface area contributed by atoms with Crippen molar-refractivity contribution in [1.82, 2.24) is 0 Å². The lowest BCUT2D eigenvalue weighted by Gasteiger charge is -2.25. The first kappa shape index (κ1) is 12.9. The van der Waals surface area contributed by atoms with Crippen molar-refractivity contribution in [3.8, 4) is 0 Å². The molecule has 2 aliphatic carbocycles. The zero-order chi connectivity index (χ0) is 13.4. The lowest BCUT2D eigenvalue weighted by molar-refractivity contribution is 0.602. The van der Waals surface area contributed by atoms with Crippen LogP contribution >= 0.6 is 12.2 Å². The van der Waals surface area contributed by atoms with E-state index in [1.807, 2.05) is 12.1 Å². The quantitative estimate of drug-likeness (QED) is 0.811. The maximum atomic E-state index is 14.2. The number of nitrogens with two attached hydrogens (primary N) is 1. The molecule has 2 nitrogen and oxygen atoms in total. The minimum absolute atomic E-state index is 0.202. The smallest absolute Gasteiger partial charge is 0.147 e. The van der Waals surface area contributed by atoms with Gasteiger partial charge in [0.2, 0.25) is 0 Å². The molecule has 0 bridgehead atoms. The van der Waals surface area contributed by atoms with E-state index in [0.29, 0.717) is 11.3 Å². The second kappa shape index (κ2) is 5.08. The van der Waals surface area contributed by atoms with Crippen LogP contribution < -0.4 is 10.6 Å². The highest BCUT2D eigenvalue weighted by molar-refractivity contribution is 7.80. The van der Waals surface area contributed by atoms with E-state index < -0.39 is 0 Å². The number of thiocarbonyl (C=S) groups is 1. The van der Waals surface area contributed by atoms with Crippen LogP contribution in [0.1, 0.15) is 31.2 Å². The first-order valence-electron chi connectivity index (χ1n) is 6.98. The Morgan fingerprint density at radius 2 is 1.79 bits per heavy atom. The molecule has 1 aromatic rings. The number of hydrogen-bond acceptors (Lipinski definition) is 2. The fraction of sp³-hybridized carbons (Fsp3) is 0.533. The third-order valence-electron chi connectivity index (χ3n) is 3.92. The molecule has 0 radical (unpaired) electrons. The molecule has 0 spiro atoms. The molecule has 0 heterocycles. The summed E-state index contributed by atoms with van der Waals surface area (Å²) in [6.45, 7) is 1.97. The van der Waals surface area contributed by atoms with Crippen molar-refractivity contribution >= 4 is 22.9 Å². The van der Waals surface area contributed by atoms with Crippen LogP contribution in [0.3, 0.4) is 0 Å². The van der Waals surface area contributed by atoms with Gasteiger partial charge < -0.3 is 10.6 Å². The Morgan fingerprint density at radius 3 is 2.21 bits per heavy atom. The Morgan fingerprint density at radius 1 is 1.21 bits per heavy atom. The highest BCUT2D eigenvalue weighted by Gasteiger charge is 2.30. The van der Waals surface area contributed by atoms with Crippen LogP contribution in [-0.4, -0.2) is 18.1 Å². The van der Waals surface area contributed by atoms with E-state index in [2.05, 4.69) is 4.90 Å². The number of benzene rings is 1. The van der Waals surface area contributed by atoms with Gasteiger partial charge in [-0.3, -0.25) is 0 Å². The van der Waals surface area contributed by atoms with E-state index >= 15 is 0 Å². The van der Waals surface area contributed by atoms with Crippen molar-refractivity contribution in [3.05, 3.63) is 29.6 Å². The first-order valence-corrected chi connectivity index (χ1v) is 7.38. The summed E-state index contributed by atoms with van der Waals surface area (Å²) in [7, 11) is 0. The van der Waals surface area contributed by atoms with Crippen LogP contribution in [0.15, 0.2) is 18.2 Å².